The molecule has 0 saturated heterocycles. The van der Waals surface area contributed by atoms with Crippen LogP contribution in [0.2, 0.25) is 0 Å². The standard InChI is InChI=1S/C16H17FN2OS/c1-4-8-21-16-18-11(2)14(15(20)19(16)3)10-12-6-5-7-13(17)9-12/h4-7,9H,1,8,10H2,2-3H3. The number of thioether (sulfide) groups is 1. The van der Waals surface area contributed by atoms with E-state index in [4.69, 9.17) is 0 Å². The molecule has 3 nitrogen and oxygen atoms in total. The summed E-state index contributed by atoms with van der Waals surface area (Å²) in [5, 5.41) is 0.667. The van der Waals surface area contributed by atoms with Gasteiger partial charge in [-0.1, -0.05) is 30.0 Å². The average Bonchev–Trinajstić information content (AvgIpc) is 2.46. The van der Waals surface area contributed by atoms with E-state index in [0.717, 1.165) is 5.56 Å². The maximum atomic E-state index is 13.2. The highest BCUT2D eigenvalue weighted by Gasteiger charge is 2.12. The Balaban J connectivity index is 2.39. The number of hydrogen-bond donors (Lipinski definition) is 0. The molecule has 2 aromatic rings. The third-order valence-corrected chi connectivity index (χ3v) is 4.18. The molecule has 0 N–H and O–H groups in total. The van der Waals surface area contributed by atoms with Crippen LogP contribution in [0, 0.1) is 12.7 Å². The van der Waals surface area contributed by atoms with Gasteiger partial charge in [0.15, 0.2) is 5.16 Å². The molecule has 0 unspecified atom stereocenters. The largest absolute Gasteiger partial charge is 0.291 e. The molecule has 0 bridgehead atoms. The van der Waals surface area contributed by atoms with E-state index in [2.05, 4.69) is 11.6 Å². The maximum absolute atomic E-state index is 13.2. The van der Waals surface area contributed by atoms with Crippen molar-refractivity contribution in [1.29, 1.82) is 0 Å². The Labute approximate surface area is 127 Å². The monoisotopic (exact) mass is 304 g/mol. The summed E-state index contributed by atoms with van der Waals surface area (Å²) in [4.78, 5) is 16.9. The van der Waals surface area contributed by atoms with Gasteiger partial charge >= 0.3 is 0 Å². The van der Waals surface area contributed by atoms with Crippen LogP contribution in [0.4, 0.5) is 4.39 Å². The van der Waals surface area contributed by atoms with E-state index in [9.17, 15) is 9.18 Å². The number of rotatable bonds is 5. The first-order valence-electron chi connectivity index (χ1n) is 6.57. The molecule has 0 aliphatic rings. The van der Waals surface area contributed by atoms with Gasteiger partial charge in [0.25, 0.3) is 5.56 Å². The van der Waals surface area contributed by atoms with Gasteiger partial charge in [-0.25, -0.2) is 9.37 Å². The first kappa shape index (κ1) is 15.5. The molecule has 0 aliphatic carbocycles. The summed E-state index contributed by atoms with van der Waals surface area (Å²) in [6, 6.07) is 6.29. The van der Waals surface area contributed by atoms with E-state index in [0.29, 0.717) is 28.6 Å². The van der Waals surface area contributed by atoms with Crippen LogP contribution in [0.1, 0.15) is 16.8 Å². The Hall–Kier alpha value is -1.88. The number of aryl methyl sites for hydroxylation is 1. The van der Waals surface area contributed by atoms with Crippen LogP contribution in [0.3, 0.4) is 0 Å². The predicted molar refractivity (Wildman–Crippen MR) is 84.3 cm³/mol. The fourth-order valence-electron chi connectivity index (χ4n) is 2.05. The highest BCUT2D eigenvalue weighted by Crippen LogP contribution is 2.16. The lowest BCUT2D eigenvalue weighted by molar-refractivity contribution is 0.625. The molecular formula is C16H17FN2OS. The van der Waals surface area contributed by atoms with E-state index in [1.807, 2.05) is 13.0 Å². The average molecular weight is 304 g/mol. The van der Waals surface area contributed by atoms with E-state index >= 15 is 0 Å². The van der Waals surface area contributed by atoms with Crippen molar-refractivity contribution in [3.8, 4) is 0 Å². The Morgan fingerprint density at radius 1 is 1.48 bits per heavy atom. The predicted octanol–water partition coefficient (Wildman–Crippen LogP) is 3.10. The Kier molecular flexibility index (Phi) is 4.96. The zero-order valence-corrected chi connectivity index (χ0v) is 12.9. The van der Waals surface area contributed by atoms with Crippen molar-refractivity contribution in [2.75, 3.05) is 5.75 Å². The van der Waals surface area contributed by atoms with Gasteiger partial charge in [0.05, 0.1) is 0 Å². The molecular weight excluding hydrogens is 287 g/mol. The molecule has 0 radical (unpaired) electrons. The number of hydrogen-bond acceptors (Lipinski definition) is 3. The van der Waals surface area contributed by atoms with Crippen molar-refractivity contribution < 1.29 is 4.39 Å². The summed E-state index contributed by atoms with van der Waals surface area (Å²) in [6.45, 7) is 5.47. The van der Waals surface area contributed by atoms with Gasteiger partial charge < -0.3 is 0 Å². The van der Waals surface area contributed by atoms with Crippen LogP contribution in [0.15, 0.2) is 46.9 Å². The van der Waals surface area contributed by atoms with Gasteiger partial charge in [0.1, 0.15) is 5.82 Å². The van der Waals surface area contributed by atoms with E-state index in [1.165, 1.54) is 28.5 Å². The number of benzene rings is 1. The van der Waals surface area contributed by atoms with Crippen molar-refractivity contribution in [1.82, 2.24) is 9.55 Å². The molecule has 110 valence electrons. The lowest BCUT2D eigenvalue weighted by atomic mass is 10.1. The van der Waals surface area contributed by atoms with E-state index in [-0.39, 0.29) is 11.4 Å². The topological polar surface area (TPSA) is 34.9 Å². The molecule has 0 atom stereocenters. The summed E-state index contributed by atoms with van der Waals surface area (Å²) in [7, 11) is 1.70. The Morgan fingerprint density at radius 3 is 2.90 bits per heavy atom. The highest BCUT2D eigenvalue weighted by atomic mass is 32.2. The second-order valence-corrected chi connectivity index (χ2v) is 5.72. The van der Waals surface area contributed by atoms with Gasteiger partial charge in [-0.15, -0.1) is 6.58 Å². The van der Waals surface area contributed by atoms with Gasteiger partial charge in [-0.05, 0) is 24.6 Å². The smallest absolute Gasteiger partial charge is 0.257 e. The maximum Gasteiger partial charge on any atom is 0.257 e. The van der Waals surface area contributed by atoms with Crippen LogP contribution in [-0.4, -0.2) is 15.3 Å². The SMILES string of the molecule is C=CCSc1nc(C)c(Cc2cccc(F)c2)c(=O)n1C. The Morgan fingerprint density at radius 2 is 2.24 bits per heavy atom. The third-order valence-electron chi connectivity index (χ3n) is 3.15. The lowest BCUT2D eigenvalue weighted by Gasteiger charge is -2.11. The highest BCUT2D eigenvalue weighted by molar-refractivity contribution is 7.99. The van der Waals surface area contributed by atoms with Gasteiger partial charge in [-0.2, -0.15) is 0 Å². The summed E-state index contributed by atoms with van der Waals surface area (Å²) < 4.78 is 14.8. The van der Waals surface area contributed by atoms with E-state index < -0.39 is 0 Å². The molecule has 2 rings (SSSR count). The minimum absolute atomic E-state index is 0.0849. The Bertz CT molecular complexity index is 725. The number of nitrogens with zero attached hydrogens (tertiary/aromatic N) is 2. The molecule has 0 aliphatic heterocycles. The summed E-state index contributed by atoms with van der Waals surface area (Å²) in [5.41, 5.74) is 1.97. The summed E-state index contributed by atoms with van der Waals surface area (Å²) in [5.74, 6) is 0.399. The fraction of sp³-hybridized carbons (Fsp3) is 0.250. The molecule has 1 heterocycles. The first-order valence-corrected chi connectivity index (χ1v) is 7.56. The number of halogens is 1. The normalized spacial score (nSPS) is 10.6. The minimum Gasteiger partial charge on any atom is -0.291 e. The van der Waals surface area contributed by atoms with Crippen molar-refractivity contribution in [2.45, 2.75) is 18.5 Å². The number of aromatic nitrogens is 2. The van der Waals surface area contributed by atoms with Crippen molar-refractivity contribution >= 4 is 11.8 Å². The zero-order chi connectivity index (χ0) is 15.4. The molecule has 0 fully saturated rings. The second kappa shape index (κ2) is 6.72. The molecule has 0 amide bonds. The van der Waals surface area contributed by atoms with E-state index in [1.54, 1.807) is 19.2 Å². The quantitative estimate of drug-likeness (QED) is 0.484. The van der Waals surface area contributed by atoms with Crippen LogP contribution < -0.4 is 5.56 Å². The van der Waals surface area contributed by atoms with Crippen molar-refractivity contribution in [3.05, 3.63) is 69.9 Å². The third kappa shape index (κ3) is 3.61. The van der Waals surface area contributed by atoms with Crippen molar-refractivity contribution in [2.24, 2.45) is 7.05 Å². The fourth-order valence-corrected chi connectivity index (χ4v) is 2.79. The molecule has 0 spiro atoms. The van der Waals surface area contributed by atoms with Gasteiger partial charge in [-0.3, -0.25) is 9.36 Å². The van der Waals surface area contributed by atoms with Crippen LogP contribution in [0.5, 0.6) is 0 Å². The van der Waals surface area contributed by atoms with Crippen molar-refractivity contribution in [3.63, 3.8) is 0 Å². The van der Waals surface area contributed by atoms with Crippen LogP contribution >= 0.6 is 11.8 Å². The summed E-state index contributed by atoms with van der Waals surface area (Å²) >= 11 is 1.47. The second-order valence-electron chi connectivity index (χ2n) is 4.73. The molecule has 21 heavy (non-hydrogen) atoms. The van der Waals surface area contributed by atoms with Crippen LogP contribution in [0.25, 0.3) is 0 Å². The molecule has 1 aromatic carbocycles. The summed E-state index contributed by atoms with van der Waals surface area (Å²) in [6.07, 6.45) is 2.16. The minimum atomic E-state index is -0.298. The molecule has 0 saturated carbocycles. The first-order chi connectivity index (χ1) is 10.0. The lowest BCUT2D eigenvalue weighted by Crippen LogP contribution is -2.25. The van der Waals surface area contributed by atoms with Gasteiger partial charge in [0, 0.05) is 30.5 Å². The van der Waals surface area contributed by atoms with Gasteiger partial charge in [0.2, 0.25) is 0 Å². The molecule has 1 aromatic heterocycles. The molecule has 5 heteroatoms. The van der Waals surface area contributed by atoms with Crippen LogP contribution in [-0.2, 0) is 13.5 Å². The zero-order valence-electron chi connectivity index (χ0n) is 12.1.